The summed E-state index contributed by atoms with van der Waals surface area (Å²) in [6.07, 6.45) is -4.48. The van der Waals surface area contributed by atoms with Gasteiger partial charge in [-0.25, -0.2) is 4.39 Å². The third-order valence-electron chi connectivity index (χ3n) is 2.74. The van der Waals surface area contributed by atoms with Gasteiger partial charge in [0, 0.05) is 16.9 Å². The molecule has 2 nitrogen and oxygen atoms in total. The third-order valence-corrected chi connectivity index (χ3v) is 2.96. The Kier molecular flexibility index (Phi) is 4.13. The molecule has 0 aliphatic carbocycles. The highest BCUT2D eigenvalue weighted by Crippen LogP contribution is 2.32. The van der Waals surface area contributed by atoms with Gasteiger partial charge in [0.05, 0.1) is 5.56 Å². The fourth-order valence-corrected chi connectivity index (χ4v) is 1.89. The zero-order valence-corrected chi connectivity index (χ0v) is 11.4. The number of thiocarbonyl (C=S) groups is 1. The van der Waals surface area contributed by atoms with Crippen molar-refractivity contribution in [2.45, 2.75) is 6.18 Å². The van der Waals surface area contributed by atoms with Gasteiger partial charge in [-0.1, -0.05) is 12.2 Å². The molecule has 0 aliphatic heterocycles. The lowest BCUT2D eigenvalue weighted by atomic mass is 10.1. The Bertz CT molecular complexity index is 666. The Labute approximate surface area is 123 Å². The monoisotopic (exact) mass is 314 g/mol. The summed E-state index contributed by atoms with van der Waals surface area (Å²) in [5.74, 6) is -0.414. The molecule has 7 heteroatoms. The van der Waals surface area contributed by atoms with E-state index in [0.717, 1.165) is 12.1 Å². The molecule has 110 valence electrons. The van der Waals surface area contributed by atoms with Gasteiger partial charge >= 0.3 is 6.18 Å². The molecule has 3 N–H and O–H groups in total. The van der Waals surface area contributed by atoms with Crippen molar-refractivity contribution in [1.82, 2.24) is 0 Å². The molecule has 0 bridgehead atoms. The van der Waals surface area contributed by atoms with Gasteiger partial charge in [-0.3, -0.25) is 0 Å². The number of benzene rings is 2. The highest BCUT2D eigenvalue weighted by Gasteiger charge is 2.31. The molecule has 0 saturated carbocycles. The minimum atomic E-state index is -4.48. The lowest BCUT2D eigenvalue weighted by Gasteiger charge is -2.14. The average Bonchev–Trinajstić information content (AvgIpc) is 2.40. The van der Waals surface area contributed by atoms with Crippen LogP contribution >= 0.6 is 12.2 Å². The highest BCUT2D eigenvalue weighted by molar-refractivity contribution is 7.80. The number of nitrogens with two attached hydrogens (primary N) is 1. The molecule has 21 heavy (non-hydrogen) atoms. The Morgan fingerprint density at radius 3 is 2.19 bits per heavy atom. The van der Waals surface area contributed by atoms with Crippen LogP contribution in [0.15, 0.2) is 42.5 Å². The van der Waals surface area contributed by atoms with E-state index in [0.29, 0.717) is 11.4 Å². The quantitative estimate of drug-likeness (QED) is 0.658. The number of halogens is 4. The van der Waals surface area contributed by atoms with E-state index in [2.05, 4.69) is 5.32 Å². The van der Waals surface area contributed by atoms with Crippen molar-refractivity contribution < 1.29 is 17.6 Å². The van der Waals surface area contributed by atoms with E-state index in [1.807, 2.05) is 0 Å². The molecule has 0 spiro atoms. The van der Waals surface area contributed by atoms with Gasteiger partial charge in [-0.05, 0) is 42.5 Å². The first-order valence-corrected chi connectivity index (χ1v) is 6.22. The number of hydrogen-bond donors (Lipinski definition) is 2. The molecule has 0 unspecified atom stereocenters. The fourth-order valence-electron chi connectivity index (χ4n) is 1.72. The van der Waals surface area contributed by atoms with Crippen molar-refractivity contribution in [3.05, 3.63) is 59.4 Å². The Balaban J connectivity index is 2.39. The molecule has 2 aromatic rings. The number of anilines is 2. The van der Waals surface area contributed by atoms with Crippen molar-refractivity contribution in [3.8, 4) is 0 Å². The predicted molar refractivity (Wildman–Crippen MR) is 77.0 cm³/mol. The number of rotatable bonds is 3. The minimum Gasteiger partial charge on any atom is -0.389 e. The molecule has 0 saturated heterocycles. The van der Waals surface area contributed by atoms with E-state index in [-0.39, 0.29) is 10.6 Å². The lowest BCUT2D eigenvalue weighted by Crippen LogP contribution is -2.14. The smallest absolute Gasteiger partial charge is 0.389 e. The van der Waals surface area contributed by atoms with E-state index in [4.69, 9.17) is 18.0 Å². The largest absolute Gasteiger partial charge is 0.416 e. The first kappa shape index (κ1) is 15.2. The Morgan fingerprint density at radius 2 is 1.67 bits per heavy atom. The van der Waals surface area contributed by atoms with Crippen molar-refractivity contribution in [2.24, 2.45) is 5.73 Å². The van der Waals surface area contributed by atoms with Gasteiger partial charge in [0.15, 0.2) is 0 Å². The molecule has 0 amide bonds. The third kappa shape index (κ3) is 3.69. The first-order valence-electron chi connectivity index (χ1n) is 5.81. The number of nitrogens with one attached hydrogen (secondary N) is 1. The van der Waals surface area contributed by atoms with Crippen molar-refractivity contribution in [3.63, 3.8) is 0 Å². The molecule has 0 heterocycles. The maximum Gasteiger partial charge on any atom is 0.416 e. The van der Waals surface area contributed by atoms with E-state index in [9.17, 15) is 17.6 Å². The molecule has 0 aromatic heterocycles. The van der Waals surface area contributed by atoms with Crippen molar-refractivity contribution in [2.75, 3.05) is 5.32 Å². The van der Waals surface area contributed by atoms with Crippen molar-refractivity contribution in [1.29, 1.82) is 0 Å². The lowest BCUT2D eigenvalue weighted by molar-refractivity contribution is -0.137. The molecule has 2 aromatic carbocycles. The van der Waals surface area contributed by atoms with Crippen LogP contribution in [0.4, 0.5) is 28.9 Å². The average molecular weight is 314 g/mol. The summed E-state index contributed by atoms with van der Waals surface area (Å²) in [6, 6.07) is 8.41. The van der Waals surface area contributed by atoms with E-state index in [1.165, 1.54) is 30.3 Å². The Morgan fingerprint density at radius 1 is 1.05 bits per heavy atom. The summed E-state index contributed by atoms with van der Waals surface area (Å²) in [7, 11) is 0. The van der Waals surface area contributed by atoms with Gasteiger partial charge < -0.3 is 11.1 Å². The van der Waals surface area contributed by atoms with Gasteiger partial charge in [-0.2, -0.15) is 13.2 Å². The zero-order chi connectivity index (χ0) is 15.6. The second-order valence-corrected chi connectivity index (χ2v) is 4.69. The summed E-state index contributed by atoms with van der Waals surface area (Å²) in [4.78, 5) is -0.161. The number of hydrogen-bond acceptors (Lipinski definition) is 2. The number of alkyl halides is 3. The maximum atomic E-state index is 12.8. The van der Waals surface area contributed by atoms with Crippen LogP contribution < -0.4 is 11.1 Å². The van der Waals surface area contributed by atoms with Crippen LogP contribution in [0.2, 0.25) is 0 Å². The van der Waals surface area contributed by atoms with Gasteiger partial charge in [0.25, 0.3) is 0 Å². The summed E-state index contributed by atoms with van der Waals surface area (Å²) < 4.78 is 50.9. The van der Waals surface area contributed by atoms with E-state index >= 15 is 0 Å². The minimum absolute atomic E-state index is 0.0733. The maximum absolute atomic E-state index is 12.8. The summed E-state index contributed by atoms with van der Waals surface area (Å²) >= 11 is 4.78. The second-order valence-electron chi connectivity index (χ2n) is 4.25. The van der Waals surface area contributed by atoms with Crippen LogP contribution in [0.5, 0.6) is 0 Å². The molecule has 0 atom stereocenters. The molecule has 0 radical (unpaired) electrons. The highest BCUT2D eigenvalue weighted by atomic mass is 32.1. The van der Waals surface area contributed by atoms with Gasteiger partial charge in [-0.15, -0.1) is 0 Å². The molecule has 0 fully saturated rings. The van der Waals surface area contributed by atoms with E-state index < -0.39 is 17.6 Å². The second kappa shape index (κ2) is 5.69. The van der Waals surface area contributed by atoms with Crippen molar-refractivity contribution >= 4 is 28.6 Å². The van der Waals surface area contributed by atoms with Crippen LogP contribution in [-0.4, -0.2) is 4.99 Å². The fraction of sp³-hybridized carbons (Fsp3) is 0.0714. The van der Waals surface area contributed by atoms with Gasteiger partial charge in [0.2, 0.25) is 0 Å². The molecular formula is C14H10F4N2S. The standard InChI is InChI=1S/C14H10F4N2S/c15-9-2-4-10(5-3-9)20-12-6-1-8(14(16,17)18)7-11(12)13(19)21/h1-7,20H,(H2,19,21). The van der Waals surface area contributed by atoms with E-state index in [1.54, 1.807) is 0 Å². The van der Waals surface area contributed by atoms with Crippen LogP contribution in [0.1, 0.15) is 11.1 Å². The van der Waals surface area contributed by atoms with Crippen LogP contribution in [0.25, 0.3) is 0 Å². The van der Waals surface area contributed by atoms with Crippen LogP contribution in [0, 0.1) is 5.82 Å². The van der Waals surface area contributed by atoms with Gasteiger partial charge in [0.1, 0.15) is 10.8 Å². The SMILES string of the molecule is NC(=S)c1cc(C(F)(F)F)ccc1Nc1ccc(F)cc1. The topological polar surface area (TPSA) is 38.0 Å². The summed E-state index contributed by atoms with van der Waals surface area (Å²) in [6.45, 7) is 0. The van der Waals surface area contributed by atoms with Crippen LogP contribution in [0.3, 0.4) is 0 Å². The summed E-state index contributed by atoms with van der Waals surface area (Å²) in [5, 5.41) is 2.86. The zero-order valence-electron chi connectivity index (χ0n) is 10.5. The summed E-state index contributed by atoms with van der Waals surface area (Å²) in [5.41, 5.74) is 5.53. The molecule has 2 rings (SSSR count). The molecule has 0 aliphatic rings. The molecular weight excluding hydrogens is 304 g/mol. The van der Waals surface area contributed by atoms with Crippen LogP contribution in [-0.2, 0) is 6.18 Å². The predicted octanol–water partition coefficient (Wildman–Crippen LogP) is 4.22. The first-order chi connectivity index (χ1) is 9.77. The Hall–Kier alpha value is -2.15. The normalized spacial score (nSPS) is 11.2.